The molecule has 1 aliphatic heterocycles. The van der Waals surface area contributed by atoms with Gasteiger partial charge in [0.25, 0.3) is 0 Å². The fourth-order valence-electron chi connectivity index (χ4n) is 1.91. The van der Waals surface area contributed by atoms with Gasteiger partial charge in [-0.1, -0.05) is 0 Å². The van der Waals surface area contributed by atoms with Crippen molar-refractivity contribution in [1.82, 2.24) is 20.4 Å². The molecule has 1 heterocycles. The lowest BCUT2D eigenvalue weighted by molar-refractivity contribution is -0.133. The number of rotatable bonds is 5. The molecule has 0 unspecified atom stereocenters. The van der Waals surface area contributed by atoms with Crippen LogP contribution in [0.5, 0.6) is 0 Å². The minimum Gasteiger partial charge on any atom is -0.353 e. The Morgan fingerprint density at radius 1 is 1.26 bits per heavy atom. The molecule has 1 rings (SSSR count). The third-order valence-electron chi connectivity index (χ3n) is 2.74. The SMILES string of the molecule is CC(C)NC(=O)CN(C)CC(=O)N1CCNCC1.Cl. The second-order valence-corrected chi connectivity index (χ2v) is 5.03. The molecule has 0 spiro atoms. The number of likely N-dealkylation sites (N-methyl/N-ethyl adjacent to an activating group) is 1. The molecular formula is C12H25ClN4O2. The summed E-state index contributed by atoms with van der Waals surface area (Å²) in [5, 5.41) is 6.02. The van der Waals surface area contributed by atoms with Gasteiger partial charge in [-0.05, 0) is 20.9 Å². The van der Waals surface area contributed by atoms with Crippen LogP contribution in [0.2, 0.25) is 0 Å². The summed E-state index contributed by atoms with van der Waals surface area (Å²) in [5.74, 6) is 0.0527. The number of piperazine rings is 1. The van der Waals surface area contributed by atoms with Crippen LogP contribution in [0.15, 0.2) is 0 Å². The predicted octanol–water partition coefficient (Wildman–Crippen LogP) is -0.704. The highest BCUT2D eigenvalue weighted by Gasteiger charge is 2.18. The largest absolute Gasteiger partial charge is 0.353 e. The highest BCUT2D eigenvalue weighted by molar-refractivity contribution is 5.85. The number of carbonyl (C=O) groups is 2. The van der Waals surface area contributed by atoms with Gasteiger partial charge in [0, 0.05) is 32.2 Å². The van der Waals surface area contributed by atoms with Gasteiger partial charge in [-0.15, -0.1) is 12.4 Å². The van der Waals surface area contributed by atoms with Gasteiger partial charge in [-0.3, -0.25) is 14.5 Å². The molecule has 1 fully saturated rings. The summed E-state index contributed by atoms with van der Waals surface area (Å²) in [4.78, 5) is 27.1. The van der Waals surface area contributed by atoms with Crippen LogP contribution in [-0.2, 0) is 9.59 Å². The quantitative estimate of drug-likeness (QED) is 0.703. The second-order valence-electron chi connectivity index (χ2n) is 5.03. The molecule has 0 aromatic heterocycles. The Bertz CT molecular complexity index is 293. The lowest BCUT2D eigenvalue weighted by Gasteiger charge is -2.29. The van der Waals surface area contributed by atoms with Gasteiger partial charge < -0.3 is 15.5 Å². The molecule has 19 heavy (non-hydrogen) atoms. The molecular weight excluding hydrogens is 268 g/mol. The Balaban J connectivity index is 0.00000324. The first kappa shape index (κ1) is 18.1. The molecule has 7 heteroatoms. The lowest BCUT2D eigenvalue weighted by Crippen LogP contribution is -2.50. The van der Waals surface area contributed by atoms with Crippen molar-refractivity contribution in [2.75, 3.05) is 46.3 Å². The molecule has 1 aliphatic rings. The van der Waals surface area contributed by atoms with Crippen LogP contribution in [0.25, 0.3) is 0 Å². The van der Waals surface area contributed by atoms with E-state index in [2.05, 4.69) is 10.6 Å². The van der Waals surface area contributed by atoms with Crippen molar-refractivity contribution < 1.29 is 9.59 Å². The predicted molar refractivity (Wildman–Crippen MR) is 77.5 cm³/mol. The van der Waals surface area contributed by atoms with E-state index in [0.29, 0.717) is 6.54 Å². The molecule has 0 aromatic carbocycles. The van der Waals surface area contributed by atoms with Crippen molar-refractivity contribution in [3.63, 3.8) is 0 Å². The third-order valence-corrected chi connectivity index (χ3v) is 2.74. The number of halogens is 1. The molecule has 0 saturated carbocycles. The molecule has 1 saturated heterocycles. The normalized spacial score (nSPS) is 15.3. The number of nitrogens with one attached hydrogen (secondary N) is 2. The maximum atomic E-state index is 11.9. The van der Waals surface area contributed by atoms with E-state index in [4.69, 9.17) is 0 Å². The lowest BCUT2D eigenvalue weighted by atomic mass is 10.3. The van der Waals surface area contributed by atoms with Gasteiger partial charge in [0.2, 0.25) is 11.8 Å². The zero-order valence-electron chi connectivity index (χ0n) is 11.9. The van der Waals surface area contributed by atoms with Gasteiger partial charge >= 0.3 is 0 Å². The van der Waals surface area contributed by atoms with E-state index >= 15 is 0 Å². The van der Waals surface area contributed by atoms with Crippen molar-refractivity contribution in [2.45, 2.75) is 19.9 Å². The Morgan fingerprint density at radius 2 is 1.84 bits per heavy atom. The van der Waals surface area contributed by atoms with E-state index < -0.39 is 0 Å². The summed E-state index contributed by atoms with van der Waals surface area (Å²) in [7, 11) is 1.79. The summed E-state index contributed by atoms with van der Waals surface area (Å²) in [6, 6.07) is 0.134. The van der Waals surface area contributed by atoms with Crippen molar-refractivity contribution in [2.24, 2.45) is 0 Å². The van der Waals surface area contributed by atoms with Crippen molar-refractivity contribution >= 4 is 24.2 Å². The fraction of sp³-hybridized carbons (Fsp3) is 0.833. The number of hydrogen-bond acceptors (Lipinski definition) is 4. The number of nitrogens with zero attached hydrogens (tertiary/aromatic N) is 2. The van der Waals surface area contributed by atoms with Gasteiger partial charge in [0.15, 0.2) is 0 Å². The average molecular weight is 293 g/mol. The number of hydrogen-bond donors (Lipinski definition) is 2. The van der Waals surface area contributed by atoms with Gasteiger partial charge in [-0.25, -0.2) is 0 Å². The molecule has 0 aromatic rings. The molecule has 0 aliphatic carbocycles. The van der Waals surface area contributed by atoms with Crippen LogP contribution < -0.4 is 10.6 Å². The maximum absolute atomic E-state index is 11.9. The summed E-state index contributed by atoms with van der Waals surface area (Å²) in [5.41, 5.74) is 0. The van der Waals surface area contributed by atoms with Gasteiger partial charge in [0.1, 0.15) is 0 Å². The van der Waals surface area contributed by atoms with E-state index in [1.807, 2.05) is 18.7 Å². The van der Waals surface area contributed by atoms with E-state index in [1.165, 1.54) is 0 Å². The first-order chi connectivity index (χ1) is 8.49. The standard InChI is InChI=1S/C12H24N4O2.ClH/c1-10(2)14-11(17)8-15(3)9-12(18)16-6-4-13-5-7-16;/h10,13H,4-9H2,1-3H3,(H,14,17);1H. The summed E-state index contributed by atoms with van der Waals surface area (Å²) >= 11 is 0. The van der Waals surface area contributed by atoms with Gasteiger partial charge in [0.05, 0.1) is 13.1 Å². The summed E-state index contributed by atoms with van der Waals surface area (Å²) in [6.07, 6.45) is 0. The molecule has 2 N–H and O–H groups in total. The first-order valence-corrected chi connectivity index (χ1v) is 6.45. The van der Waals surface area contributed by atoms with Crippen LogP contribution >= 0.6 is 12.4 Å². The monoisotopic (exact) mass is 292 g/mol. The molecule has 0 radical (unpaired) electrons. The number of carbonyl (C=O) groups excluding carboxylic acids is 2. The Labute approximate surface area is 121 Å². The first-order valence-electron chi connectivity index (χ1n) is 6.45. The number of amides is 2. The molecule has 112 valence electrons. The van der Waals surface area contributed by atoms with E-state index in [-0.39, 0.29) is 36.8 Å². The van der Waals surface area contributed by atoms with Crippen LogP contribution in [0.1, 0.15) is 13.8 Å². The van der Waals surface area contributed by atoms with E-state index in [0.717, 1.165) is 26.2 Å². The second kappa shape index (κ2) is 9.12. The highest BCUT2D eigenvalue weighted by atomic mass is 35.5. The fourth-order valence-corrected chi connectivity index (χ4v) is 1.91. The molecule has 0 bridgehead atoms. The van der Waals surface area contributed by atoms with E-state index in [1.54, 1.807) is 11.9 Å². The van der Waals surface area contributed by atoms with Crippen LogP contribution in [0.3, 0.4) is 0 Å². The topological polar surface area (TPSA) is 64.7 Å². The zero-order chi connectivity index (χ0) is 13.5. The molecule has 0 atom stereocenters. The Hall–Kier alpha value is -0.850. The van der Waals surface area contributed by atoms with Crippen LogP contribution in [-0.4, -0.2) is 74.0 Å². The Morgan fingerprint density at radius 3 is 2.37 bits per heavy atom. The van der Waals surface area contributed by atoms with Crippen LogP contribution in [0, 0.1) is 0 Å². The molecule has 2 amide bonds. The maximum Gasteiger partial charge on any atom is 0.236 e. The molecule has 6 nitrogen and oxygen atoms in total. The third kappa shape index (κ3) is 7.34. The van der Waals surface area contributed by atoms with Crippen LogP contribution in [0.4, 0.5) is 0 Å². The van der Waals surface area contributed by atoms with E-state index in [9.17, 15) is 9.59 Å². The minimum absolute atomic E-state index is 0. The average Bonchev–Trinajstić information content (AvgIpc) is 2.28. The highest BCUT2D eigenvalue weighted by Crippen LogP contribution is 1.95. The minimum atomic E-state index is -0.0411. The smallest absolute Gasteiger partial charge is 0.236 e. The summed E-state index contributed by atoms with van der Waals surface area (Å²) in [6.45, 7) is 7.61. The summed E-state index contributed by atoms with van der Waals surface area (Å²) < 4.78 is 0. The van der Waals surface area contributed by atoms with Crippen molar-refractivity contribution in [3.05, 3.63) is 0 Å². The Kier molecular flexibility index (Phi) is 8.71. The van der Waals surface area contributed by atoms with Gasteiger partial charge in [-0.2, -0.15) is 0 Å². The van der Waals surface area contributed by atoms with Crippen molar-refractivity contribution in [3.8, 4) is 0 Å². The van der Waals surface area contributed by atoms with Crippen molar-refractivity contribution in [1.29, 1.82) is 0 Å². The zero-order valence-corrected chi connectivity index (χ0v) is 12.8.